The van der Waals surface area contributed by atoms with Gasteiger partial charge in [0.25, 0.3) is 0 Å². The van der Waals surface area contributed by atoms with E-state index < -0.39 is 0 Å². The minimum absolute atomic E-state index is 0.0744. The summed E-state index contributed by atoms with van der Waals surface area (Å²) < 4.78 is 0. The van der Waals surface area contributed by atoms with Gasteiger partial charge in [0.2, 0.25) is 0 Å². The Morgan fingerprint density at radius 2 is 1.21 bits per heavy atom. The highest BCUT2D eigenvalue weighted by atomic mass is 15.1. The van der Waals surface area contributed by atoms with E-state index in [0.717, 1.165) is 0 Å². The van der Waals surface area contributed by atoms with E-state index >= 15 is 0 Å². The van der Waals surface area contributed by atoms with Crippen molar-refractivity contribution in [3.63, 3.8) is 0 Å². The van der Waals surface area contributed by atoms with Crippen molar-refractivity contribution < 1.29 is 0 Å². The lowest BCUT2D eigenvalue weighted by atomic mass is 10.4. The molecule has 0 aromatic rings. The molecule has 0 fully saturated rings. The monoisotopic (exact) mass is 194 g/mol. The minimum atomic E-state index is -0.0744. The summed E-state index contributed by atoms with van der Waals surface area (Å²) in [5.74, 6) is -0.149. The molecule has 0 bridgehead atoms. The van der Waals surface area contributed by atoms with E-state index in [0.29, 0.717) is 11.4 Å². The highest BCUT2D eigenvalue weighted by Crippen LogP contribution is 2.00. The molecular weight excluding hydrogens is 180 g/mol. The molecule has 0 radical (unpaired) electrons. The Labute approximate surface area is 82.4 Å². The maximum Gasteiger partial charge on any atom is 0.117 e. The van der Waals surface area contributed by atoms with Gasteiger partial charge in [0.1, 0.15) is 11.7 Å². The van der Waals surface area contributed by atoms with Gasteiger partial charge in [0, 0.05) is 12.2 Å². The fraction of sp³-hybridized carbons (Fsp3) is 0.250. The highest BCUT2D eigenvalue weighted by Gasteiger charge is 1.88. The van der Waals surface area contributed by atoms with Crippen LogP contribution in [0.2, 0.25) is 0 Å². The number of nitrogens with zero attached hydrogens (tertiary/aromatic N) is 2. The second-order valence-electron chi connectivity index (χ2n) is 2.68. The molecule has 0 aromatic heterocycles. The molecule has 76 valence electrons. The molecule has 0 aliphatic heterocycles. The lowest BCUT2D eigenvalue weighted by molar-refractivity contribution is 1.06. The SMILES string of the molecule is CC(=C\C(=N)N)/N=N/C(C)=C/C(=N)N. The average Bonchev–Trinajstić information content (AvgIpc) is 1.98. The first-order valence-electron chi connectivity index (χ1n) is 3.88. The third-order valence-corrected chi connectivity index (χ3v) is 1.09. The maximum atomic E-state index is 6.95. The molecule has 6 N–H and O–H groups in total. The van der Waals surface area contributed by atoms with Crippen molar-refractivity contribution >= 4 is 11.7 Å². The Hall–Kier alpha value is -1.98. The van der Waals surface area contributed by atoms with Gasteiger partial charge in [-0.15, -0.1) is 0 Å². The molecule has 6 heteroatoms. The van der Waals surface area contributed by atoms with Crippen LogP contribution in [0, 0.1) is 10.8 Å². The Morgan fingerprint density at radius 1 is 0.929 bits per heavy atom. The Morgan fingerprint density at radius 3 is 1.43 bits per heavy atom. The molecule has 14 heavy (non-hydrogen) atoms. The van der Waals surface area contributed by atoms with Crippen LogP contribution in [0.3, 0.4) is 0 Å². The van der Waals surface area contributed by atoms with Gasteiger partial charge in [-0.3, -0.25) is 10.8 Å². The van der Waals surface area contributed by atoms with Crippen molar-refractivity contribution in [2.75, 3.05) is 0 Å². The van der Waals surface area contributed by atoms with Gasteiger partial charge in [-0.25, -0.2) is 0 Å². The molecule has 0 unspecified atom stereocenters. The van der Waals surface area contributed by atoms with E-state index in [4.69, 9.17) is 22.3 Å². The summed E-state index contributed by atoms with van der Waals surface area (Å²) in [7, 11) is 0. The second-order valence-corrected chi connectivity index (χ2v) is 2.68. The summed E-state index contributed by atoms with van der Waals surface area (Å²) in [6.07, 6.45) is 2.76. The zero-order valence-electron chi connectivity index (χ0n) is 8.20. The number of allylic oxidation sites excluding steroid dienone is 2. The van der Waals surface area contributed by atoms with Crippen LogP contribution in [0.1, 0.15) is 13.8 Å². The quantitative estimate of drug-likeness (QED) is 0.304. The summed E-state index contributed by atoms with van der Waals surface area (Å²) in [4.78, 5) is 0. The van der Waals surface area contributed by atoms with Crippen molar-refractivity contribution in [2.45, 2.75) is 13.8 Å². The zero-order valence-corrected chi connectivity index (χ0v) is 8.20. The molecule has 6 nitrogen and oxygen atoms in total. The first-order valence-corrected chi connectivity index (χ1v) is 3.88. The first-order chi connectivity index (χ1) is 6.41. The van der Waals surface area contributed by atoms with Gasteiger partial charge in [0.15, 0.2) is 0 Å². The molecule has 0 amide bonds. The molecule has 0 aliphatic rings. The number of amidine groups is 2. The number of hydrogen-bond acceptors (Lipinski definition) is 4. The number of nitrogens with one attached hydrogen (secondary N) is 2. The van der Waals surface area contributed by atoms with E-state index in [-0.39, 0.29) is 11.7 Å². The molecule has 0 aliphatic carbocycles. The molecular formula is C8H14N6. The Bertz CT molecular complexity index is 291. The van der Waals surface area contributed by atoms with Crippen LogP contribution >= 0.6 is 0 Å². The largest absolute Gasteiger partial charge is 0.384 e. The van der Waals surface area contributed by atoms with Crippen LogP contribution < -0.4 is 11.5 Å². The third-order valence-electron chi connectivity index (χ3n) is 1.09. The van der Waals surface area contributed by atoms with E-state index in [1.165, 1.54) is 12.2 Å². The predicted molar refractivity (Wildman–Crippen MR) is 56.2 cm³/mol. The Balaban J connectivity index is 4.45. The van der Waals surface area contributed by atoms with Gasteiger partial charge < -0.3 is 11.5 Å². The van der Waals surface area contributed by atoms with Crippen LogP contribution in [0.5, 0.6) is 0 Å². The van der Waals surface area contributed by atoms with Crippen molar-refractivity contribution in [3.05, 3.63) is 23.5 Å². The molecule has 0 atom stereocenters. The number of rotatable bonds is 4. The predicted octanol–water partition coefficient (Wildman–Crippen LogP) is 1.12. The van der Waals surface area contributed by atoms with Crippen LogP contribution in [0.4, 0.5) is 0 Å². The molecule has 0 rings (SSSR count). The summed E-state index contributed by atoms with van der Waals surface area (Å²) in [5.41, 5.74) is 11.3. The lowest BCUT2D eigenvalue weighted by Crippen LogP contribution is -2.05. The lowest BCUT2D eigenvalue weighted by Gasteiger charge is -1.92. The molecule has 0 heterocycles. The van der Waals surface area contributed by atoms with Crippen molar-refractivity contribution in [1.29, 1.82) is 10.8 Å². The van der Waals surface area contributed by atoms with E-state index in [2.05, 4.69) is 10.2 Å². The highest BCUT2D eigenvalue weighted by molar-refractivity contribution is 5.89. The summed E-state index contributed by atoms with van der Waals surface area (Å²) >= 11 is 0. The number of azo groups is 1. The van der Waals surface area contributed by atoms with E-state index in [1.54, 1.807) is 13.8 Å². The number of hydrogen-bond donors (Lipinski definition) is 4. The van der Waals surface area contributed by atoms with Crippen LogP contribution in [0.25, 0.3) is 0 Å². The summed E-state index contributed by atoms with van der Waals surface area (Å²) in [6, 6.07) is 0. The van der Waals surface area contributed by atoms with Crippen molar-refractivity contribution in [2.24, 2.45) is 21.7 Å². The zero-order chi connectivity index (χ0) is 11.1. The molecule has 0 spiro atoms. The van der Waals surface area contributed by atoms with Gasteiger partial charge in [-0.1, -0.05) is 0 Å². The van der Waals surface area contributed by atoms with Gasteiger partial charge in [-0.2, -0.15) is 10.2 Å². The fourth-order valence-corrected chi connectivity index (χ4v) is 0.666. The minimum Gasteiger partial charge on any atom is -0.384 e. The molecule has 0 saturated heterocycles. The first kappa shape index (κ1) is 12.0. The average molecular weight is 194 g/mol. The summed E-state index contributed by atoms with van der Waals surface area (Å²) in [5, 5.41) is 21.4. The fourth-order valence-electron chi connectivity index (χ4n) is 0.666. The van der Waals surface area contributed by atoms with E-state index in [1.807, 2.05) is 0 Å². The van der Waals surface area contributed by atoms with Gasteiger partial charge in [0.05, 0.1) is 11.4 Å². The summed E-state index contributed by atoms with van der Waals surface area (Å²) in [6.45, 7) is 3.35. The number of nitrogens with two attached hydrogens (primary N) is 2. The van der Waals surface area contributed by atoms with Crippen LogP contribution in [-0.4, -0.2) is 11.7 Å². The normalized spacial score (nSPS) is 13.3. The molecule has 0 saturated carbocycles. The van der Waals surface area contributed by atoms with Crippen LogP contribution in [-0.2, 0) is 0 Å². The van der Waals surface area contributed by atoms with Crippen molar-refractivity contribution in [1.82, 2.24) is 0 Å². The molecule has 0 aromatic carbocycles. The van der Waals surface area contributed by atoms with Gasteiger partial charge in [-0.05, 0) is 13.8 Å². The van der Waals surface area contributed by atoms with Crippen LogP contribution in [0.15, 0.2) is 33.8 Å². The smallest absolute Gasteiger partial charge is 0.117 e. The second kappa shape index (κ2) is 5.63. The topological polar surface area (TPSA) is 124 Å². The Kier molecular flexibility index (Phi) is 4.83. The third kappa shape index (κ3) is 6.71. The van der Waals surface area contributed by atoms with E-state index in [9.17, 15) is 0 Å². The van der Waals surface area contributed by atoms with Crippen molar-refractivity contribution in [3.8, 4) is 0 Å². The maximum absolute atomic E-state index is 6.95. The van der Waals surface area contributed by atoms with Gasteiger partial charge >= 0.3 is 0 Å². The standard InChI is InChI=1S/C8H14N6/c1-5(3-7(9)10)13-14-6(2)4-8(11)12/h3-4H,1-2H3,(H3,9,10)(H3,11,12)/b5-3+,6-4+,14-13+.